The third-order valence-electron chi connectivity index (χ3n) is 2.34. The van der Waals surface area contributed by atoms with E-state index in [0.717, 1.165) is 6.07 Å². The lowest BCUT2D eigenvalue weighted by Gasteiger charge is -2.25. The van der Waals surface area contributed by atoms with Crippen LogP contribution in [0.5, 0.6) is 0 Å². The number of anilines is 1. The Morgan fingerprint density at radius 2 is 2.24 bits per heavy atom. The summed E-state index contributed by atoms with van der Waals surface area (Å²) in [7, 11) is 0. The minimum Gasteiger partial charge on any atom is -0.454 e. The number of rotatable bonds is 3. The molecule has 1 fully saturated rings. The van der Waals surface area contributed by atoms with Gasteiger partial charge in [0, 0.05) is 6.07 Å². The Morgan fingerprint density at radius 1 is 1.53 bits per heavy atom. The molecule has 1 saturated heterocycles. The van der Waals surface area contributed by atoms with E-state index in [1.54, 1.807) is 0 Å². The molecule has 0 aromatic heterocycles. The molecule has 1 heterocycles. The van der Waals surface area contributed by atoms with Gasteiger partial charge < -0.3 is 15.2 Å². The molecular formula is C10H10N2O5. The molecule has 1 aromatic carbocycles. The first kappa shape index (κ1) is 11.3. The van der Waals surface area contributed by atoms with Crippen LogP contribution < -0.4 is 5.73 Å². The zero-order chi connectivity index (χ0) is 12.4. The SMILES string of the molecule is Nc1ccc(C(=O)OC2COC2)cc1[N+](=O)[O-]. The van der Waals surface area contributed by atoms with Crippen LogP contribution in [0.25, 0.3) is 0 Å². The fourth-order valence-corrected chi connectivity index (χ4v) is 1.33. The molecule has 0 bridgehead atoms. The smallest absolute Gasteiger partial charge is 0.338 e. The van der Waals surface area contributed by atoms with E-state index in [9.17, 15) is 14.9 Å². The molecule has 1 aromatic rings. The van der Waals surface area contributed by atoms with Gasteiger partial charge in [-0.3, -0.25) is 10.1 Å². The van der Waals surface area contributed by atoms with Crippen molar-refractivity contribution in [3.05, 3.63) is 33.9 Å². The van der Waals surface area contributed by atoms with Gasteiger partial charge in [0.15, 0.2) is 0 Å². The molecule has 90 valence electrons. The van der Waals surface area contributed by atoms with Gasteiger partial charge in [-0.05, 0) is 12.1 Å². The normalized spacial score (nSPS) is 15.1. The summed E-state index contributed by atoms with van der Waals surface area (Å²) in [5, 5.41) is 10.6. The Labute approximate surface area is 96.3 Å². The lowest BCUT2D eigenvalue weighted by atomic mass is 10.1. The van der Waals surface area contributed by atoms with Crippen LogP contribution in [0.3, 0.4) is 0 Å². The fraction of sp³-hybridized carbons (Fsp3) is 0.300. The monoisotopic (exact) mass is 238 g/mol. The van der Waals surface area contributed by atoms with E-state index in [2.05, 4.69) is 0 Å². The summed E-state index contributed by atoms with van der Waals surface area (Å²) < 4.78 is 9.87. The number of nitrogen functional groups attached to an aromatic ring is 1. The number of hydrogen-bond acceptors (Lipinski definition) is 6. The second kappa shape index (κ2) is 4.38. The molecule has 2 N–H and O–H groups in total. The second-order valence-corrected chi connectivity index (χ2v) is 3.60. The lowest BCUT2D eigenvalue weighted by molar-refractivity contribution is -0.383. The minimum atomic E-state index is -0.640. The van der Waals surface area contributed by atoms with Gasteiger partial charge in [-0.25, -0.2) is 4.79 Å². The van der Waals surface area contributed by atoms with Gasteiger partial charge in [0.2, 0.25) is 0 Å². The quantitative estimate of drug-likeness (QED) is 0.360. The summed E-state index contributed by atoms with van der Waals surface area (Å²) in [5.41, 5.74) is 5.24. The number of carbonyl (C=O) groups excluding carboxylic acids is 1. The highest BCUT2D eigenvalue weighted by Gasteiger charge is 2.24. The van der Waals surface area contributed by atoms with Crippen LogP contribution in [0, 0.1) is 10.1 Å². The molecule has 0 aliphatic carbocycles. The third kappa shape index (κ3) is 2.34. The number of carbonyl (C=O) groups is 1. The van der Waals surface area contributed by atoms with E-state index < -0.39 is 10.9 Å². The van der Waals surface area contributed by atoms with Gasteiger partial charge >= 0.3 is 5.97 Å². The predicted molar refractivity (Wildman–Crippen MR) is 57.5 cm³/mol. The van der Waals surface area contributed by atoms with E-state index in [1.807, 2.05) is 0 Å². The van der Waals surface area contributed by atoms with Gasteiger partial charge in [0.05, 0.1) is 23.7 Å². The van der Waals surface area contributed by atoms with E-state index in [1.165, 1.54) is 12.1 Å². The molecule has 2 rings (SSSR count). The fourth-order valence-electron chi connectivity index (χ4n) is 1.33. The molecule has 0 unspecified atom stereocenters. The van der Waals surface area contributed by atoms with Gasteiger partial charge in [-0.2, -0.15) is 0 Å². The number of nitro benzene ring substituents is 1. The van der Waals surface area contributed by atoms with Gasteiger partial charge in [-0.15, -0.1) is 0 Å². The highest BCUT2D eigenvalue weighted by atomic mass is 16.6. The predicted octanol–water partition coefficient (Wildman–Crippen LogP) is 0.733. The van der Waals surface area contributed by atoms with Crippen molar-refractivity contribution >= 4 is 17.3 Å². The molecule has 0 saturated carbocycles. The van der Waals surface area contributed by atoms with Crippen molar-refractivity contribution < 1.29 is 19.2 Å². The maximum absolute atomic E-state index is 11.6. The van der Waals surface area contributed by atoms with Crippen LogP contribution in [0.15, 0.2) is 18.2 Å². The molecule has 17 heavy (non-hydrogen) atoms. The Morgan fingerprint density at radius 3 is 2.76 bits per heavy atom. The number of hydrogen-bond donors (Lipinski definition) is 1. The average molecular weight is 238 g/mol. The van der Waals surface area contributed by atoms with Crippen molar-refractivity contribution in [1.29, 1.82) is 0 Å². The van der Waals surface area contributed by atoms with Crippen LogP contribution in [0.1, 0.15) is 10.4 Å². The van der Waals surface area contributed by atoms with E-state index >= 15 is 0 Å². The number of nitrogens with two attached hydrogens (primary N) is 1. The third-order valence-corrected chi connectivity index (χ3v) is 2.34. The molecule has 0 amide bonds. The van der Waals surface area contributed by atoms with Crippen molar-refractivity contribution in [2.45, 2.75) is 6.10 Å². The van der Waals surface area contributed by atoms with Crippen LogP contribution in [-0.4, -0.2) is 30.2 Å². The topological polar surface area (TPSA) is 105 Å². The average Bonchev–Trinajstić information content (AvgIpc) is 2.23. The van der Waals surface area contributed by atoms with Crippen molar-refractivity contribution in [3.8, 4) is 0 Å². The van der Waals surface area contributed by atoms with Gasteiger partial charge in [0.1, 0.15) is 11.8 Å². The highest BCUT2D eigenvalue weighted by molar-refractivity contribution is 5.91. The Balaban J connectivity index is 2.17. The van der Waals surface area contributed by atoms with Crippen LogP contribution >= 0.6 is 0 Å². The number of ether oxygens (including phenoxy) is 2. The Kier molecular flexibility index (Phi) is 2.92. The summed E-state index contributed by atoms with van der Waals surface area (Å²) in [4.78, 5) is 21.6. The van der Waals surface area contributed by atoms with Gasteiger partial charge in [0.25, 0.3) is 5.69 Å². The molecule has 0 atom stereocenters. The zero-order valence-corrected chi connectivity index (χ0v) is 8.79. The molecule has 0 spiro atoms. The maximum atomic E-state index is 11.6. The first-order chi connectivity index (χ1) is 8.08. The summed E-state index contributed by atoms with van der Waals surface area (Å²) in [6.45, 7) is 0.728. The second-order valence-electron chi connectivity index (χ2n) is 3.60. The van der Waals surface area contributed by atoms with Gasteiger partial charge in [-0.1, -0.05) is 0 Å². The summed E-state index contributed by atoms with van der Waals surface area (Å²) in [6, 6.07) is 3.81. The van der Waals surface area contributed by atoms with Crippen LogP contribution in [-0.2, 0) is 9.47 Å². The largest absolute Gasteiger partial charge is 0.454 e. The van der Waals surface area contributed by atoms with E-state index in [4.69, 9.17) is 15.2 Å². The maximum Gasteiger partial charge on any atom is 0.338 e. The van der Waals surface area contributed by atoms with E-state index in [0.29, 0.717) is 13.2 Å². The van der Waals surface area contributed by atoms with Crippen molar-refractivity contribution in [3.63, 3.8) is 0 Å². The minimum absolute atomic E-state index is 0.0125. The molecular weight excluding hydrogens is 228 g/mol. The first-order valence-corrected chi connectivity index (χ1v) is 4.90. The van der Waals surface area contributed by atoms with Crippen molar-refractivity contribution in [2.24, 2.45) is 0 Å². The zero-order valence-electron chi connectivity index (χ0n) is 8.79. The lowest BCUT2D eigenvalue weighted by Crippen LogP contribution is -2.37. The van der Waals surface area contributed by atoms with Crippen molar-refractivity contribution in [1.82, 2.24) is 0 Å². The Hall–Kier alpha value is -2.15. The van der Waals surface area contributed by atoms with Crippen LogP contribution in [0.2, 0.25) is 0 Å². The molecule has 7 heteroatoms. The summed E-state index contributed by atoms with van der Waals surface area (Å²) in [5.74, 6) is -0.610. The van der Waals surface area contributed by atoms with Crippen LogP contribution in [0.4, 0.5) is 11.4 Å². The number of benzene rings is 1. The van der Waals surface area contributed by atoms with E-state index in [-0.39, 0.29) is 23.0 Å². The number of nitrogens with zero attached hydrogens (tertiary/aromatic N) is 1. The molecule has 0 radical (unpaired) electrons. The number of esters is 1. The number of nitro groups is 1. The molecule has 1 aliphatic heterocycles. The molecule has 1 aliphatic rings. The molecule has 7 nitrogen and oxygen atoms in total. The summed E-state index contributed by atoms with van der Waals surface area (Å²) in [6.07, 6.45) is -0.265. The standard InChI is InChI=1S/C10H10N2O5/c11-8-2-1-6(3-9(8)12(14)15)10(13)17-7-4-16-5-7/h1-3,7H,4-5,11H2. The highest BCUT2D eigenvalue weighted by Crippen LogP contribution is 2.23. The van der Waals surface area contributed by atoms with Crippen molar-refractivity contribution in [2.75, 3.05) is 18.9 Å². The Bertz CT molecular complexity index is 470. The first-order valence-electron chi connectivity index (χ1n) is 4.90. The summed E-state index contributed by atoms with van der Waals surface area (Å²) >= 11 is 0.